The fourth-order valence-electron chi connectivity index (χ4n) is 4.36. The van der Waals surface area contributed by atoms with E-state index in [4.69, 9.17) is 32.7 Å². The van der Waals surface area contributed by atoms with Crippen molar-refractivity contribution in [1.29, 1.82) is 0 Å². The first-order valence-corrected chi connectivity index (χ1v) is 11.6. The molecule has 0 saturated heterocycles. The molecule has 3 aliphatic carbocycles. The van der Waals surface area contributed by atoms with Gasteiger partial charge in [0.15, 0.2) is 24.8 Å². The van der Waals surface area contributed by atoms with Gasteiger partial charge in [0.2, 0.25) is 0 Å². The first-order valence-electron chi connectivity index (χ1n) is 10.9. The smallest absolute Gasteiger partial charge is 0.258 e. The lowest BCUT2D eigenvalue weighted by Gasteiger charge is -2.50. The summed E-state index contributed by atoms with van der Waals surface area (Å²) in [5.74, 6) is -3.40. The van der Waals surface area contributed by atoms with Crippen molar-refractivity contribution in [1.82, 2.24) is 10.6 Å². The van der Waals surface area contributed by atoms with Gasteiger partial charge in [-0.1, -0.05) is 23.2 Å². The minimum Gasteiger partial charge on any atom is -0.484 e. The fraction of sp³-hybridized carbons (Fsp3) is 0.333. The van der Waals surface area contributed by atoms with Crippen molar-refractivity contribution >= 4 is 46.6 Å². The number of ketones is 2. The van der Waals surface area contributed by atoms with Crippen molar-refractivity contribution in [2.45, 2.75) is 36.8 Å². The third-order valence-electron chi connectivity index (χ3n) is 6.25. The molecule has 0 radical (unpaired) electrons. The highest BCUT2D eigenvalue weighted by atomic mass is 35.5. The van der Waals surface area contributed by atoms with Crippen LogP contribution in [0.2, 0.25) is 10.0 Å². The Balaban J connectivity index is 1.33. The zero-order valence-corrected chi connectivity index (χ0v) is 20.2. The largest absolute Gasteiger partial charge is 0.484 e. The Morgan fingerprint density at radius 2 is 1.17 bits per heavy atom. The van der Waals surface area contributed by atoms with E-state index in [1.807, 2.05) is 0 Å². The maximum atomic E-state index is 13.5. The lowest BCUT2D eigenvalue weighted by atomic mass is 9.60. The zero-order chi connectivity index (χ0) is 26.1. The predicted octanol–water partition coefficient (Wildman–Crippen LogP) is 3.17. The normalized spacial score (nSPS) is 22.8. The Hall–Kier alpha value is -3.24. The lowest BCUT2D eigenvalue weighted by molar-refractivity contribution is -0.152. The van der Waals surface area contributed by atoms with Gasteiger partial charge in [0, 0.05) is 25.0 Å². The Bertz CT molecular complexity index is 1160. The molecule has 0 aromatic heterocycles. The van der Waals surface area contributed by atoms with Gasteiger partial charge in [0.25, 0.3) is 11.8 Å². The average molecular weight is 541 g/mol. The maximum Gasteiger partial charge on any atom is 0.258 e. The van der Waals surface area contributed by atoms with E-state index in [0.29, 0.717) is 0 Å². The topological polar surface area (TPSA) is 111 Å². The molecule has 3 aliphatic rings. The summed E-state index contributed by atoms with van der Waals surface area (Å²) in [5.41, 5.74) is -2.79. The number of ether oxygens (including phenoxy) is 2. The van der Waals surface area contributed by atoms with Gasteiger partial charge in [-0.2, -0.15) is 0 Å². The van der Waals surface area contributed by atoms with Crippen LogP contribution in [-0.4, -0.2) is 47.7 Å². The number of amides is 2. The Morgan fingerprint density at radius 1 is 0.778 bits per heavy atom. The van der Waals surface area contributed by atoms with Crippen LogP contribution in [-0.2, 0) is 19.2 Å². The summed E-state index contributed by atoms with van der Waals surface area (Å²) in [4.78, 5) is 50.8. The molecule has 2 bridgehead atoms. The molecule has 0 aliphatic heterocycles. The first-order chi connectivity index (χ1) is 17.0. The quantitative estimate of drug-likeness (QED) is 0.532. The van der Waals surface area contributed by atoms with Crippen LogP contribution in [0.5, 0.6) is 11.5 Å². The van der Waals surface area contributed by atoms with E-state index < -0.39 is 59.3 Å². The Labute approximate surface area is 214 Å². The van der Waals surface area contributed by atoms with E-state index in [0.717, 1.165) is 12.1 Å². The number of nitrogens with one attached hydrogen (secondary N) is 2. The SMILES string of the molecule is O=C(COc1ccc(Cl)c(F)c1)NC12CCC(NC(=O)COc3ccc(Cl)c(F)c3)(CC1=O)C(=O)C2. The van der Waals surface area contributed by atoms with Gasteiger partial charge in [0.05, 0.1) is 10.0 Å². The number of halogens is 4. The highest BCUT2D eigenvalue weighted by molar-refractivity contribution is 6.31. The fourth-order valence-corrected chi connectivity index (χ4v) is 4.59. The number of carbonyl (C=O) groups excluding carboxylic acids is 4. The van der Waals surface area contributed by atoms with Gasteiger partial charge in [-0.25, -0.2) is 8.78 Å². The van der Waals surface area contributed by atoms with Gasteiger partial charge in [-0.15, -0.1) is 0 Å². The molecule has 3 saturated carbocycles. The summed E-state index contributed by atoms with van der Waals surface area (Å²) in [5, 5.41) is 4.98. The maximum absolute atomic E-state index is 13.5. The van der Waals surface area contributed by atoms with Crippen molar-refractivity contribution in [3.05, 3.63) is 58.1 Å². The molecule has 2 unspecified atom stereocenters. The van der Waals surface area contributed by atoms with Crippen LogP contribution in [0.3, 0.4) is 0 Å². The Kier molecular flexibility index (Phi) is 7.19. The van der Waals surface area contributed by atoms with Crippen LogP contribution in [0.4, 0.5) is 8.78 Å². The molecular formula is C24H20Cl2F2N2O6. The van der Waals surface area contributed by atoms with Gasteiger partial charge in [-0.3, -0.25) is 19.2 Å². The molecule has 190 valence electrons. The molecule has 0 spiro atoms. The number of benzene rings is 2. The van der Waals surface area contributed by atoms with E-state index in [1.54, 1.807) is 0 Å². The van der Waals surface area contributed by atoms with E-state index in [2.05, 4.69) is 10.6 Å². The van der Waals surface area contributed by atoms with Gasteiger partial charge in [-0.05, 0) is 37.1 Å². The highest BCUT2D eigenvalue weighted by Crippen LogP contribution is 2.42. The zero-order valence-electron chi connectivity index (χ0n) is 18.7. The number of carbonyl (C=O) groups is 4. The van der Waals surface area contributed by atoms with Crippen LogP contribution in [0.1, 0.15) is 25.7 Å². The van der Waals surface area contributed by atoms with Crippen LogP contribution < -0.4 is 20.1 Å². The predicted molar refractivity (Wildman–Crippen MR) is 124 cm³/mol. The van der Waals surface area contributed by atoms with Crippen molar-refractivity contribution < 1.29 is 37.4 Å². The average Bonchev–Trinajstić information content (AvgIpc) is 2.82. The summed E-state index contributed by atoms with van der Waals surface area (Å²) < 4.78 is 37.6. The van der Waals surface area contributed by atoms with Crippen LogP contribution in [0.15, 0.2) is 36.4 Å². The number of hydrogen-bond donors (Lipinski definition) is 2. The van der Waals surface area contributed by atoms with Crippen molar-refractivity contribution in [2.75, 3.05) is 13.2 Å². The second-order valence-electron chi connectivity index (χ2n) is 8.69. The van der Waals surface area contributed by atoms with Crippen molar-refractivity contribution in [3.8, 4) is 11.5 Å². The molecule has 8 nitrogen and oxygen atoms in total. The summed E-state index contributed by atoms with van der Waals surface area (Å²) in [7, 11) is 0. The number of rotatable bonds is 8. The molecule has 2 aromatic rings. The first kappa shape index (κ1) is 25.8. The summed E-state index contributed by atoms with van der Waals surface area (Å²) in [6, 6.07) is 7.37. The van der Waals surface area contributed by atoms with Gasteiger partial charge in [0.1, 0.15) is 34.2 Å². The second kappa shape index (κ2) is 10.0. The molecule has 2 aromatic carbocycles. The van der Waals surface area contributed by atoms with Crippen LogP contribution in [0, 0.1) is 11.6 Å². The van der Waals surface area contributed by atoms with E-state index in [-0.39, 0.29) is 47.2 Å². The minimum atomic E-state index is -1.40. The van der Waals surface area contributed by atoms with Crippen molar-refractivity contribution in [3.63, 3.8) is 0 Å². The molecule has 3 fully saturated rings. The summed E-state index contributed by atoms with van der Waals surface area (Å²) >= 11 is 11.2. The molecule has 5 rings (SSSR count). The van der Waals surface area contributed by atoms with E-state index in [1.165, 1.54) is 24.3 Å². The molecular weight excluding hydrogens is 521 g/mol. The van der Waals surface area contributed by atoms with E-state index in [9.17, 15) is 28.0 Å². The van der Waals surface area contributed by atoms with Crippen molar-refractivity contribution in [2.24, 2.45) is 0 Å². The Morgan fingerprint density at radius 3 is 1.50 bits per heavy atom. The third-order valence-corrected chi connectivity index (χ3v) is 6.86. The van der Waals surface area contributed by atoms with Crippen LogP contribution in [0.25, 0.3) is 0 Å². The third kappa shape index (κ3) is 5.29. The second-order valence-corrected chi connectivity index (χ2v) is 9.50. The molecule has 36 heavy (non-hydrogen) atoms. The minimum absolute atomic E-state index is 0.0736. The lowest BCUT2D eigenvalue weighted by Crippen LogP contribution is -2.73. The molecule has 12 heteroatoms. The number of hydrogen-bond acceptors (Lipinski definition) is 6. The van der Waals surface area contributed by atoms with Gasteiger partial charge < -0.3 is 20.1 Å². The highest BCUT2D eigenvalue weighted by Gasteiger charge is 2.60. The summed E-state index contributed by atoms with van der Waals surface area (Å²) in [6.07, 6.45) is -0.335. The standard InChI is InChI=1S/C24H20Cl2F2N2O6/c25-15-3-1-13(7-17(15)27)35-11-21(33)29-23-5-6-24(10-19(23)31,20(32)9-23)30-22(34)12-36-14-2-4-16(26)18(28)8-14/h1-4,7-8H,5-6,9-12H2,(H,29,33)(H,30,34). The molecule has 2 N–H and O–H groups in total. The monoisotopic (exact) mass is 540 g/mol. The molecule has 0 heterocycles. The number of fused-ring (bicyclic) bond motifs is 3. The summed E-state index contributed by atoms with van der Waals surface area (Å²) in [6.45, 7) is -1.01. The van der Waals surface area contributed by atoms with Crippen LogP contribution >= 0.6 is 23.2 Å². The van der Waals surface area contributed by atoms with Gasteiger partial charge >= 0.3 is 0 Å². The molecule has 2 atom stereocenters. The number of Topliss-reactive ketones (excluding diaryl/α,β-unsaturated/α-hetero) is 2. The van der Waals surface area contributed by atoms with E-state index >= 15 is 0 Å². The molecule has 2 amide bonds.